The molecule has 3 heterocycles. The van der Waals surface area contributed by atoms with Crippen molar-refractivity contribution in [2.24, 2.45) is 0 Å². The molecule has 0 spiro atoms. The number of rotatable bonds is 10. The van der Waals surface area contributed by atoms with Crippen molar-refractivity contribution in [2.75, 3.05) is 28.4 Å². The summed E-state index contributed by atoms with van der Waals surface area (Å²) >= 11 is 0. The number of Topliss-reactive ketones (excluding diaryl/α,β-unsaturated/α-hetero) is 1. The Kier molecular flexibility index (Phi) is 7.61. The van der Waals surface area contributed by atoms with Gasteiger partial charge in [-0.05, 0) is 42.3 Å². The second-order valence-corrected chi connectivity index (χ2v) is 12.0. The zero-order valence-corrected chi connectivity index (χ0v) is 27.2. The normalized spacial score (nSPS) is 14.9. The molecule has 7 rings (SSSR count). The molecule has 1 amide bonds. The van der Waals surface area contributed by atoms with Crippen LogP contribution in [0.3, 0.4) is 0 Å². The minimum atomic E-state index is -2.45. The number of aromatic amines is 1. The Balaban J connectivity index is 1.50. The van der Waals surface area contributed by atoms with Crippen LogP contribution < -0.4 is 9.47 Å². The van der Waals surface area contributed by atoms with Gasteiger partial charge in [0, 0.05) is 53.7 Å². The van der Waals surface area contributed by atoms with Crippen LogP contribution in [-0.2, 0) is 32.2 Å². The van der Waals surface area contributed by atoms with E-state index in [0.29, 0.717) is 35.7 Å². The first-order valence-corrected chi connectivity index (χ1v) is 15.5. The largest absolute Gasteiger partial charge is 0.493 e. The Morgan fingerprint density at radius 3 is 2.33 bits per heavy atom. The van der Waals surface area contributed by atoms with E-state index in [1.54, 1.807) is 14.2 Å². The Labute approximate surface area is 275 Å². The van der Waals surface area contributed by atoms with E-state index in [9.17, 15) is 19.5 Å². The highest BCUT2D eigenvalue weighted by Crippen LogP contribution is 2.47. The van der Waals surface area contributed by atoms with Crippen LogP contribution >= 0.6 is 0 Å². The van der Waals surface area contributed by atoms with Gasteiger partial charge in [0.2, 0.25) is 5.60 Å². The SMILES string of the molecule is COC(=O)[C@@](O)(CC(OC)n1c2ccccc2c2c3c(c4c5ccccc5[nH]c4c21)C(=O)N(Cc1ccc(OC)c(OC)c1)C3)C(C)=O. The molecule has 2 N–H and O–H groups in total. The maximum Gasteiger partial charge on any atom is 0.345 e. The van der Waals surface area contributed by atoms with E-state index < -0.39 is 30.0 Å². The number of methoxy groups -OCH3 is 4. The van der Waals surface area contributed by atoms with Gasteiger partial charge in [0.15, 0.2) is 17.3 Å². The topological polar surface area (TPSA) is 132 Å². The molecule has 0 saturated heterocycles. The predicted octanol–water partition coefficient (Wildman–Crippen LogP) is 5.63. The Morgan fingerprint density at radius 1 is 0.938 bits per heavy atom. The summed E-state index contributed by atoms with van der Waals surface area (Å²) in [5.74, 6) is -0.750. The van der Waals surface area contributed by atoms with Crippen LogP contribution in [0, 0.1) is 0 Å². The number of ketones is 1. The molecule has 246 valence electrons. The monoisotopic (exact) mass is 649 g/mol. The first kappa shape index (κ1) is 31.2. The number of ether oxygens (including phenoxy) is 4. The van der Waals surface area contributed by atoms with Crippen LogP contribution in [0.5, 0.6) is 11.5 Å². The fourth-order valence-electron chi connectivity index (χ4n) is 7.18. The number of aliphatic hydroxyl groups is 1. The zero-order chi connectivity index (χ0) is 33.9. The fourth-order valence-corrected chi connectivity index (χ4v) is 7.18. The van der Waals surface area contributed by atoms with Gasteiger partial charge in [-0.2, -0.15) is 0 Å². The number of hydrogen-bond acceptors (Lipinski definition) is 8. The number of amides is 1. The lowest BCUT2D eigenvalue weighted by atomic mass is 9.94. The number of fused-ring (bicyclic) bond motifs is 10. The maximum absolute atomic E-state index is 14.5. The van der Waals surface area contributed by atoms with Crippen molar-refractivity contribution < 1.29 is 38.4 Å². The number of hydrogen-bond donors (Lipinski definition) is 2. The number of H-pyrrole nitrogens is 1. The van der Waals surface area contributed by atoms with Gasteiger partial charge in [-0.1, -0.05) is 42.5 Å². The van der Waals surface area contributed by atoms with Crippen molar-refractivity contribution in [3.05, 3.63) is 83.4 Å². The summed E-state index contributed by atoms with van der Waals surface area (Å²) in [6.45, 7) is 1.82. The molecule has 1 aliphatic rings. The van der Waals surface area contributed by atoms with E-state index in [0.717, 1.165) is 63.3 Å². The molecule has 0 aliphatic carbocycles. The molecule has 48 heavy (non-hydrogen) atoms. The Hall–Kier alpha value is -5.39. The van der Waals surface area contributed by atoms with E-state index in [1.165, 1.54) is 7.11 Å². The van der Waals surface area contributed by atoms with Crippen LogP contribution in [0.25, 0.3) is 43.6 Å². The van der Waals surface area contributed by atoms with Crippen molar-refractivity contribution in [1.82, 2.24) is 14.5 Å². The maximum atomic E-state index is 14.5. The first-order chi connectivity index (χ1) is 23.2. The highest BCUT2D eigenvalue weighted by molar-refractivity contribution is 6.30. The number of carbonyl (C=O) groups is 3. The van der Waals surface area contributed by atoms with E-state index >= 15 is 0 Å². The van der Waals surface area contributed by atoms with E-state index in [1.807, 2.05) is 76.2 Å². The molecule has 1 unspecified atom stereocenters. The number of carbonyl (C=O) groups excluding carboxylic acids is 3. The molecule has 1 aliphatic heterocycles. The van der Waals surface area contributed by atoms with Gasteiger partial charge in [0.05, 0.1) is 43.4 Å². The molecule has 0 radical (unpaired) electrons. The Morgan fingerprint density at radius 2 is 1.65 bits per heavy atom. The average molecular weight is 650 g/mol. The number of aromatic nitrogens is 2. The lowest BCUT2D eigenvalue weighted by Gasteiger charge is -2.28. The molecule has 0 bridgehead atoms. The summed E-state index contributed by atoms with van der Waals surface area (Å²) in [6, 6.07) is 21.1. The van der Waals surface area contributed by atoms with Crippen molar-refractivity contribution in [3.8, 4) is 11.5 Å². The van der Waals surface area contributed by atoms with Gasteiger partial charge in [-0.25, -0.2) is 4.79 Å². The minimum Gasteiger partial charge on any atom is -0.493 e. The van der Waals surface area contributed by atoms with E-state index in [4.69, 9.17) is 18.9 Å². The Bertz CT molecular complexity index is 2290. The molecule has 0 fully saturated rings. The first-order valence-electron chi connectivity index (χ1n) is 15.5. The lowest BCUT2D eigenvalue weighted by molar-refractivity contribution is -0.172. The minimum absolute atomic E-state index is 0.104. The second kappa shape index (κ2) is 11.7. The smallest absolute Gasteiger partial charge is 0.345 e. The number of esters is 1. The standard InChI is InChI=1S/C37H35N3O8/c1-20(41)37(44,36(43)48-5)17-29(47-4)40-26-13-9-7-11-23(26)30-24-19-39(18-21-14-15-27(45-2)28(16-21)46-3)35(42)32(24)31-22-10-6-8-12-25(22)38-33(31)34(30)40/h6-16,29,38,44H,17-19H2,1-5H3/t29?,37-/m1/s1. The van der Waals surface area contributed by atoms with Gasteiger partial charge in [0.1, 0.15) is 6.23 Å². The number of nitrogens with zero attached hydrogens (tertiary/aromatic N) is 2. The van der Waals surface area contributed by atoms with Crippen LogP contribution in [0.4, 0.5) is 0 Å². The van der Waals surface area contributed by atoms with Crippen LogP contribution in [0.2, 0.25) is 0 Å². The van der Waals surface area contributed by atoms with Crippen LogP contribution in [0.15, 0.2) is 66.7 Å². The molecule has 2 atom stereocenters. The summed E-state index contributed by atoms with van der Waals surface area (Å²) in [7, 11) is 5.75. The molecule has 11 nitrogen and oxygen atoms in total. The van der Waals surface area contributed by atoms with Gasteiger partial charge < -0.3 is 38.5 Å². The molecule has 6 aromatic rings. The van der Waals surface area contributed by atoms with Gasteiger partial charge >= 0.3 is 5.97 Å². The number of nitrogens with one attached hydrogen (secondary N) is 1. The van der Waals surface area contributed by atoms with Crippen molar-refractivity contribution in [3.63, 3.8) is 0 Å². The predicted molar refractivity (Wildman–Crippen MR) is 180 cm³/mol. The van der Waals surface area contributed by atoms with Crippen molar-refractivity contribution >= 4 is 61.3 Å². The lowest BCUT2D eigenvalue weighted by Crippen LogP contribution is -2.48. The zero-order valence-electron chi connectivity index (χ0n) is 27.2. The van der Waals surface area contributed by atoms with Gasteiger partial charge in [0.25, 0.3) is 5.91 Å². The fraction of sp³-hybridized carbons (Fsp3) is 0.270. The summed E-state index contributed by atoms with van der Waals surface area (Å²) in [6.07, 6.45) is -1.38. The van der Waals surface area contributed by atoms with Crippen LogP contribution in [0.1, 0.15) is 41.1 Å². The number of para-hydroxylation sites is 2. The molecular weight excluding hydrogens is 614 g/mol. The van der Waals surface area contributed by atoms with Crippen molar-refractivity contribution in [1.29, 1.82) is 0 Å². The molecule has 11 heteroatoms. The highest BCUT2D eigenvalue weighted by atomic mass is 16.5. The van der Waals surface area contributed by atoms with E-state index in [2.05, 4.69) is 4.98 Å². The van der Waals surface area contributed by atoms with Crippen LogP contribution in [-0.4, -0.2) is 71.3 Å². The van der Waals surface area contributed by atoms with Crippen molar-refractivity contribution in [2.45, 2.75) is 38.3 Å². The number of benzene rings is 4. The summed E-state index contributed by atoms with van der Waals surface area (Å²) in [5, 5.41) is 14.7. The summed E-state index contributed by atoms with van der Waals surface area (Å²) < 4.78 is 23.7. The summed E-state index contributed by atoms with van der Waals surface area (Å²) in [4.78, 5) is 45.4. The average Bonchev–Trinajstić information content (AvgIpc) is 3.76. The molecule has 0 saturated carbocycles. The highest BCUT2D eigenvalue weighted by Gasteiger charge is 2.46. The third-order valence-corrected chi connectivity index (χ3v) is 9.51. The van der Waals surface area contributed by atoms with Gasteiger partial charge in [-0.3, -0.25) is 9.59 Å². The third kappa shape index (κ3) is 4.53. The summed E-state index contributed by atoms with van der Waals surface area (Å²) in [5.41, 5.74) is 2.92. The second-order valence-electron chi connectivity index (χ2n) is 12.0. The van der Waals surface area contributed by atoms with E-state index in [-0.39, 0.29) is 5.91 Å². The quantitative estimate of drug-likeness (QED) is 0.144. The molecular formula is C37H35N3O8. The third-order valence-electron chi connectivity index (χ3n) is 9.51. The van der Waals surface area contributed by atoms with Gasteiger partial charge in [-0.15, -0.1) is 0 Å². The molecule has 2 aromatic heterocycles. The molecule has 4 aromatic carbocycles.